The van der Waals surface area contributed by atoms with E-state index in [-0.39, 0.29) is 18.1 Å². The molecule has 19 heavy (non-hydrogen) atoms. The van der Waals surface area contributed by atoms with Gasteiger partial charge in [0, 0.05) is 37.7 Å². The summed E-state index contributed by atoms with van der Waals surface area (Å²) >= 11 is 0. The number of carbonyl (C=O) groups is 1. The summed E-state index contributed by atoms with van der Waals surface area (Å²) in [6.45, 7) is 2.01. The molecule has 0 aromatic heterocycles. The van der Waals surface area contributed by atoms with Crippen LogP contribution in [-0.2, 0) is 4.79 Å². The summed E-state index contributed by atoms with van der Waals surface area (Å²) in [5.41, 5.74) is 1.30. The average molecular weight is 262 g/mol. The molecular weight excluding hydrogens is 240 g/mol. The predicted molar refractivity (Wildman–Crippen MR) is 71.3 cm³/mol. The second-order valence-electron chi connectivity index (χ2n) is 6.57. The highest BCUT2D eigenvalue weighted by atomic mass is 16.3. The number of nitrogens with zero attached hydrogens (tertiary/aromatic N) is 2. The number of amides is 1. The van der Waals surface area contributed by atoms with Gasteiger partial charge in [0.1, 0.15) is 0 Å². The molecule has 4 heterocycles. The number of carbonyl (C=O) groups excluding carboxylic acids is 1. The van der Waals surface area contributed by atoms with Crippen LogP contribution in [0.1, 0.15) is 38.5 Å². The Labute approximate surface area is 114 Å². The summed E-state index contributed by atoms with van der Waals surface area (Å²) < 4.78 is 0. The lowest BCUT2D eigenvalue weighted by Crippen LogP contribution is -2.61. The van der Waals surface area contributed by atoms with Gasteiger partial charge in [-0.1, -0.05) is 0 Å². The van der Waals surface area contributed by atoms with Crippen LogP contribution >= 0.6 is 0 Å². The lowest BCUT2D eigenvalue weighted by atomic mass is 9.74. The van der Waals surface area contributed by atoms with E-state index in [0.29, 0.717) is 24.8 Å². The molecule has 0 radical (unpaired) electrons. The number of hydrogen-bond acceptors (Lipinski definition) is 3. The molecule has 1 amide bonds. The van der Waals surface area contributed by atoms with Gasteiger partial charge in [-0.2, -0.15) is 0 Å². The van der Waals surface area contributed by atoms with Gasteiger partial charge in [0.05, 0.1) is 12.1 Å². The van der Waals surface area contributed by atoms with Crippen LogP contribution in [0, 0.1) is 5.92 Å². The van der Waals surface area contributed by atoms with Crippen molar-refractivity contribution < 1.29 is 9.90 Å². The number of hydrogen-bond donors (Lipinski definition) is 1. The number of rotatable bonds is 0. The third-order valence-corrected chi connectivity index (χ3v) is 5.45. The van der Waals surface area contributed by atoms with Crippen LogP contribution in [0.3, 0.4) is 0 Å². The quantitative estimate of drug-likeness (QED) is 0.711. The second-order valence-corrected chi connectivity index (χ2v) is 6.57. The minimum absolute atomic E-state index is 0.0274. The van der Waals surface area contributed by atoms with Crippen molar-refractivity contribution >= 4 is 5.91 Å². The highest BCUT2D eigenvalue weighted by molar-refractivity contribution is 5.78. The summed E-state index contributed by atoms with van der Waals surface area (Å²) in [5, 5.41) is 10.3. The molecule has 0 aromatic rings. The fourth-order valence-electron chi connectivity index (χ4n) is 4.59. The first kappa shape index (κ1) is 11.8. The van der Waals surface area contributed by atoms with Crippen molar-refractivity contribution in [3.05, 3.63) is 11.8 Å². The van der Waals surface area contributed by atoms with E-state index >= 15 is 0 Å². The van der Waals surface area contributed by atoms with Crippen molar-refractivity contribution in [2.75, 3.05) is 13.1 Å². The van der Waals surface area contributed by atoms with E-state index < -0.39 is 0 Å². The fourth-order valence-corrected chi connectivity index (χ4v) is 4.59. The first-order valence-electron chi connectivity index (χ1n) is 7.68. The highest BCUT2D eigenvalue weighted by Crippen LogP contribution is 2.42. The van der Waals surface area contributed by atoms with Gasteiger partial charge in [0.15, 0.2) is 0 Å². The van der Waals surface area contributed by atoms with Crippen molar-refractivity contribution in [1.82, 2.24) is 9.80 Å². The van der Waals surface area contributed by atoms with Gasteiger partial charge in [-0.05, 0) is 37.7 Å². The SMILES string of the molecule is O=C1CC[C@H](O)[C@@H]2C3=CN4CCCC[C@@H]4[C@H](C3)CN12. The maximum atomic E-state index is 12.1. The predicted octanol–water partition coefficient (Wildman–Crippen LogP) is 1.11. The van der Waals surface area contributed by atoms with Gasteiger partial charge in [0.2, 0.25) is 5.91 Å². The number of aliphatic hydroxyl groups excluding tert-OH is 1. The van der Waals surface area contributed by atoms with E-state index in [2.05, 4.69) is 11.1 Å². The molecule has 4 rings (SSSR count). The molecule has 0 saturated carbocycles. The Balaban J connectivity index is 1.70. The minimum Gasteiger partial charge on any atom is -0.391 e. The zero-order valence-corrected chi connectivity index (χ0v) is 11.3. The summed E-state index contributed by atoms with van der Waals surface area (Å²) in [7, 11) is 0. The molecule has 3 fully saturated rings. The average Bonchev–Trinajstić information content (AvgIpc) is 2.43. The van der Waals surface area contributed by atoms with E-state index in [1.807, 2.05) is 4.90 Å². The van der Waals surface area contributed by atoms with Gasteiger partial charge < -0.3 is 14.9 Å². The number of piperidine rings is 3. The van der Waals surface area contributed by atoms with E-state index in [4.69, 9.17) is 0 Å². The third kappa shape index (κ3) is 1.72. The van der Waals surface area contributed by atoms with E-state index in [9.17, 15) is 9.90 Å². The van der Waals surface area contributed by atoms with Gasteiger partial charge in [-0.15, -0.1) is 0 Å². The third-order valence-electron chi connectivity index (χ3n) is 5.45. The van der Waals surface area contributed by atoms with Crippen molar-refractivity contribution in [3.63, 3.8) is 0 Å². The molecule has 3 saturated heterocycles. The van der Waals surface area contributed by atoms with Crippen LogP contribution in [0.2, 0.25) is 0 Å². The van der Waals surface area contributed by atoms with Crippen molar-refractivity contribution in [1.29, 1.82) is 0 Å². The summed E-state index contributed by atoms with van der Waals surface area (Å²) in [6, 6.07) is 0.602. The van der Waals surface area contributed by atoms with Gasteiger partial charge >= 0.3 is 0 Å². The molecule has 4 aliphatic rings. The molecule has 2 bridgehead atoms. The Kier molecular flexibility index (Phi) is 2.62. The molecule has 4 nitrogen and oxygen atoms in total. The van der Waals surface area contributed by atoms with Crippen LogP contribution in [0.4, 0.5) is 0 Å². The lowest BCUT2D eigenvalue weighted by Gasteiger charge is -2.54. The Bertz CT molecular complexity index is 434. The van der Waals surface area contributed by atoms with Gasteiger partial charge in [-0.25, -0.2) is 0 Å². The molecule has 4 aliphatic heterocycles. The first-order chi connectivity index (χ1) is 9.24. The largest absolute Gasteiger partial charge is 0.391 e. The zero-order valence-electron chi connectivity index (χ0n) is 11.3. The van der Waals surface area contributed by atoms with Crippen LogP contribution in [0.15, 0.2) is 11.8 Å². The smallest absolute Gasteiger partial charge is 0.223 e. The molecule has 104 valence electrons. The monoisotopic (exact) mass is 262 g/mol. The number of aliphatic hydroxyl groups is 1. The molecule has 0 spiro atoms. The van der Waals surface area contributed by atoms with Crippen LogP contribution in [0.25, 0.3) is 0 Å². The standard InChI is InChI=1S/C15H22N2O2/c18-13-4-5-14(19)17-9-10-7-11(15(13)17)8-16-6-2-1-3-12(10)16/h8,10,12-13,15,18H,1-7,9H2/t10-,12-,13+,15+/m1/s1. The number of fused-ring (bicyclic) bond motifs is 6. The molecule has 0 aliphatic carbocycles. The van der Waals surface area contributed by atoms with Gasteiger partial charge in [-0.3, -0.25) is 4.79 Å². The Morgan fingerprint density at radius 2 is 2.16 bits per heavy atom. The maximum absolute atomic E-state index is 12.1. The van der Waals surface area contributed by atoms with Crippen LogP contribution in [-0.4, -0.2) is 52.1 Å². The molecule has 0 unspecified atom stereocenters. The van der Waals surface area contributed by atoms with Crippen LogP contribution in [0.5, 0.6) is 0 Å². The normalized spacial score (nSPS) is 41.5. The zero-order chi connectivity index (χ0) is 13.0. The molecule has 0 aromatic carbocycles. The van der Waals surface area contributed by atoms with Crippen LogP contribution < -0.4 is 0 Å². The molecule has 4 heteroatoms. The van der Waals surface area contributed by atoms with E-state index in [1.54, 1.807) is 0 Å². The lowest BCUT2D eigenvalue weighted by molar-refractivity contribution is -0.144. The van der Waals surface area contributed by atoms with Crippen molar-refractivity contribution in [2.24, 2.45) is 5.92 Å². The first-order valence-corrected chi connectivity index (χ1v) is 7.68. The summed E-state index contributed by atoms with van der Waals surface area (Å²) in [4.78, 5) is 16.6. The summed E-state index contributed by atoms with van der Waals surface area (Å²) in [5.74, 6) is 0.834. The Hall–Kier alpha value is -1.03. The Morgan fingerprint density at radius 3 is 3.05 bits per heavy atom. The van der Waals surface area contributed by atoms with Gasteiger partial charge in [0.25, 0.3) is 0 Å². The molecule has 4 atom stereocenters. The van der Waals surface area contributed by atoms with Crippen molar-refractivity contribution in [2.45, 2.75) is 56.7 Å². The minimum atomic E-state index is -0.355. The van der Waals surface area contributed by atoms with E-state index in [0.717, 1.165) is 19.5 Å². The summed E-state index contributed by atoms with van der Waals surface area (Å²) in [6.07, 6.45) is 8.03. The molecule has 1 N–H and O–H groups in total. The molecular formula is C15H22N2O2. The maximum Gasteiger partial charge on any atom is 0.223 e. The Morgan fingerprint density at radius 1 is 1.26 bits per heavy atom. The highest BCUT2D eigenvalue weighted by Gasteiger charge is 2.47. The van der Waals surface area contributed by atoms with Crippen molar-refractivity contribution in [3.8, 4) is 0 Å². The second kappa shape index (κ2) is 4.23. The fraction of sp³-hybridized carbons (Fsp3) is 0.800. The topological polar surface area (TPSA) is 43.8 Å². The van der Waals surface area contributed by atoms with E-state index in [1.165, 1.54) is 24.8 Å².